The fourth-order valence-electron chi connectivity index (χ4n) is 5.06. The predicted molar refractivity (Wildman–Crippen MR) is 144 cm³/mol. The lowest BCUT2D eigenvalue weighted by Crippen LogP contribution is -2.14. The molecule has 1 aliphatic carbocycles. The number of benzene rings is 2. The average Bonchev–Trinajstić information content (AvgIpc) is 2.94. The Labute approximate surface area is 213 Å². The second kappa shape index (κ2) is 11.0. The predicted octanol–water partition coefficient (Wildman–Crippen LogP) is 7.05. The maximum Gasteiger partial charge on any atom is 0.118 e. The normalized spacial score (nSPS) is 21.4. The van der Waals surface area contributed by atoms with Gasteiger partial charge in [0.2, 0.25) is 0 Å². The highest BCUT2D eigenvalue weighted by Crippen LogP contribution is 2.43. The van der Waals surface area contributed by atoms with Crippen molar-refractivity contribution in [3.05, 3.63) is 144 Å². The molecule has 0 spiro atoms. The summed E-state index contributed by atoms with van der Waals surface area (Å²) in [7, 11) is 3.40. The van der Waals surface area contributed by atoms with Gasteiger partial charge in [0.05, 0.1) is 14.2 Å². The van der Waals surface area contributed by atoms with E-state index in [-0.39, 0.29) is 23.7 Å². The van der Waals surface area contributed by atoms with E-state index in [1.165, 1.54) is 22.3 Å². The highest BCUT2D eigenvalue weighted by molar-refractivity contribution is 5.43. The number of allylic oxidation sites excluding steroid dienone is 4. The van der Waals surface area contributed by atoms with Crippen LogP contribution in [-0.4, -0.2) is 24.2 Å². The molecule has 5 rings (SSSR count). The van der Waals surface area contributed by atoms with E-state index < -0.39 is 0 Å². The van der Waals surface area contributed by atoms with Crippen molar-refractivity contribution in [2.75, 3.05) is 14.2 Å². The van der Waals surface area contributed by atoms with Crippen molar-refractivity contribution < 1.29 is 9.47 Å². The van der Waals surface area contributed by atoms with Gasteiger partial charge in [-0.1, -0.05) is 48.6 Å². The zero-order valence-corrected chi connectivity index (χ0v) is 20.6. The summed E-state index contributed by atoms with van der Waals surface area (Å²) in [5, 5.41) is 0. The van der Waals surface area contributed by atoms with Crippen LogP contribution in [0.5, 0.6) is 11.5 Å². The van der Waals surface area contributed by atoms with Gasteiger partial charge < -0.3 is 9.47 Å². The number of rotatable bonds is 6. The van der Waals surface area contributed by atoms with E-state index in [1.807, 2.05) is 49.1 Å². The lowest BCUT2D eigenvalue weighted by molar-refractivity contribution is 0.414. The summed E-state index contributed by atoms with van der Waals surface area (Å²) >= 11 is 0. The first kappa shape index (κ1) is 23.6. The van der Waals surface area contributed by atoms with E-state index in [0.717, 1.165) is 11.5 Å². The topological polar surface area (TPSA) is 44.2 Å². The molecule has 4 nitrogen and oxygen atoms in total. The van der Waals surface area contributed by atoms with Gasteiger partial charge in [0.1, 0.15) is 11.5 Å². The van der Waals surface area contributed by atoms with E-state index in [2.05, 4.69) is 82.8 Å². The first-order valence-electron chi connectivity index (χ1n) is 12.2. The molecule has 0 amide bonds. The summed E-state index contributed by atoms with van der Waals surface area (Å²) in [6.07, 6.45) is 17.0. The van der Waals surface area contributed by atoms with Crippen LogP contribution in [0.25, 0.3) is 0 Å². The van der Waals surface area contributed by atoms with Crippen molar-refractivity contribution in [1.29, 1.82) is 0 Å². The maximum atomic E-state index is 5.41. The Morgan fingerprint density at radius 3 is 0.972 bits per heavy atom. The van der Waals surface area contributed by atoms with Gasteiger partial charge >= 0.3 is 0 Å². The molecule has 0 saturated carbocycles. The molecule has 2 aromatic carbocycles. The van der Waals surface area contributed by atoms with Crippen LogP contribution in [0.3, 0.4) is 0 Å². The Bertz CT molecular complexity index is 1200. The van der Waals surface area contributed by atoms with Crippen LogP contribution in [0.15, 0.2) is 122 Å². The number of methoxy groups -OCH3 is 2. The smallest absolute Gasteiger partial charge is 0.118 e. The second-order valence-corrected chi connectivity index (χ2v) is 8.98. The van der Waals surface area contributed by atoms with Crippen LogP contribution in [-0.2, 0) is 0 Å². The summed E-state index contributed by atoms with van der Waals surface area (Å²) < 4.78 is 10.8. The van der Waals surface area contributed by atoms with Gasteiger partial charge in [-0.25, -0.2) is 0 Å². The third-order valence-corrected chi connectivity index (χ3v) is 7.01. The molecule has 4 heteroatoms. The Kier molecular flexibility index (Phi) is 7.23. The number of aromatic nitrogens is 2. The van der Waals surface area contributed by atoms with Crippen molar-refractivity contribution in [3.8, 4) is 11.5 Å². The monoisotopic (exact) mass is 474 g/mol. The van der Waals surface area contributed by atoms with Crippen LogP contribution in [0.4, 0.5) is 0 Å². The summed E-state index contributed by atoms with van der Waals surface area (Å²) in [5.41, 5.74) is 4.97. The third-order valence-electron chi connectivity index (χ3n) is 7.01. The first-order valence-corrected chi connectivity index (χ1v) is 12.2. The summed E-state index contributed by atoms with van der Waals surface area (Å²) in [6.45, 7) is 0. The van der Waals surface area contributed by atoms with Crippen molar-refractivity contribution in [2.24, 2.45) is 0 Å². The molecule has 2 heterocycles. The van der Waals surface area contributed by atoms with Crippen molar-refractivity contribution >= 4 is 0 Å². The minimum atomic E-state index is 0.163. The molecule has 1 aliphatic rings. The molecule has 180 valence electrons. The van der Waals surface area contributed by atoms with E-state index in [9.17, 15) is 0 Å². The molecule has 4 aromatic rings. The second-order valence-electron chi connectivity index (χ2n) is 8.98. The highest BCUT2D eigenvalue weighted by atomic mass is 16.5. The van der Waals surface area contributed by atoms with Crippen molar-refractivity contribution in [1.82, 2.24) is 9.97 Å². The van der Waals surface area contributed by atoms with Crippen LogP contribution >= 0.6 is 0 Å². The summed E-state index contributed by atoms with van der Waals surface area (Å²) in [4.78, 5) is 8.51. The minimum Gasteiger partial charge on any atom is -0.497 e. The van der Waals surface area contributed by atoms with Gasteiger partial charge in [-0.2, -0.15) is 0 Å². The first-order chi connectivity index (χ1) is 17.8. The number of pyridine rings is 2. The Morgan fingerprint density at radius 2 is 0.694 bits per heavy atom. The van der Waals surface area contributed by atoms with Gasteiger partial charge in [-0.3, -0.25) is 9.97 Å². The van der Waals surface area contributed by atoms with Gasteiger partial charge in [-0.15, -0.1) is 0 Å². The zero-order chi connectivity index (χ0) is 24.7. The van der Waals surface area contributed by atoms with E-state index in [1.54, 1.807) is 14.2 Å². The molecule has 0 radical (unpaired) electrons. The Morgan fingerprint density at radius 1 is 0.417 bits per heavy atom. The van der Waals surface area contributed by atoms with E-state index in [0.29, 0.717) is 0 Å². The lowest BCUT2D eigenvalue weighted by Gasteiger charge is -2.30. The fraction of sp³-hybridized carbons (Fsp3) is 0.188. The molecule has 0 saturated heterocycles. The molecule has 0 unspecified atom stereocenters. The van der Waals surface area contributed by atoms with Gasteiger partial charge in [0.25, 0.3) is 0 Å². The lowest BCUT2D eigenvalue weighted by atomic mass is 9.74. The molecule has 2 aromatic heterocycles. The molecule has 0 aliphatic heterocycles. The zero-order valence-electron chi connectivity index (χ0n) is 20.6. The van der Waals surface area contributed by atoms with E-state index >= 15 is 0 Å². The minimum absolute atomic E-state index is 0.163. The molecular weight excluding hydrogens is 444 g/mol. The average molecular weight is 475 g/mol. The fourth-order valence-corrected chi connectivity index (χ4v) is 5.06. The molecule has 0 bridgehead atoms. The summed E-state index contributed by atoms with van der Waals surface area (Å²) in [5.74, 6) is 2.37. The van der Waals surface area contributed by atoms with Crippen LogP contribution in [0, 0.1) is 0 Å². The van der Waals surface area contributed by atoms with Crippen LogP contribution < -0.4 is 9.47 Å². The van der Waals surface area contributed by atoms with Gasteiger partial charge in [0.15, 0.2) is 0 Å². The van der Waals surface area contributed by atoms with Gasteiger partial charge in [-0.05, 0) is 70.8 Å². The number of hydrogen-bond acceptors (Lipinski definition) is 4. The van der Waals surface area contributed by atoms with Crippen molar-refractivity contribution in [2.45, 2.75) is 23.7 Å². The molecule has 4 atom stereocenters. The molecule has 0 N–H and O–H groups in total. The Balaban J connectivity index is 1.62. The van der Waals surface area contributed by atoms with Crippen molar-refractivity contribution in [3.63, 3.8) is 0 Å². The molecular formula is C32H30N2O2. The third kappa shape index (κ3) is 5.08. The Hall–Kier alpha value is -4.18. The van der Waals surface area contributed by atoms with Gasteiger partial charge in [0, 0.05) is 48.5 Å². The summed E-state index contributed by atoms with van der Waals surface area (Å²) in [6, 6.07) is 25.3. The maximum absolute atomic E-state index is 5.41. The standard InChI is InChI=1S/C32H30N2O2/c1-35-27-7-3-23(4-8-27)29-11-13-32(26-17-21-34-22-18-26)30(24-5-9-28(36-2)10-6-24)12-14-31(29)25-15-19-33-20-16-25/h3-22,29-32H,1-2H3/t29-,30-,31+,32+/m1/s1. The molecule has 36 heavy (non-hydrogen) atoms. The highest BCUT2D eigenvalue weighted by Gasteiger charge is 2.27. The number of hydrogen-bond donors (Lipinski definition) is 0. The van der Waals surface area contributed by atoms with E-state index in [4.69, 9.17) is 9.47 Å². The number of ether oxygens (including phenoxy) is 2. The van der Waals surface area contributed by atoms with Crippen LogP contribution in [0.1, 0.15) is 45.9 Å². The SMILES string of the molecule is COc1ccc([C@H]2C=C[C@@H](c3ccncc3)[C@@H](c3ccc(OC)cc3)C=C[C@H]2c2ccncc2)cc1. The molecule has 0 fully saturated rings. The largest absolute Gasteiger partial charge is 0.497 e. The number of nitrogens with zero attached hydrogens (tertiary/aromatic N) is 2. The quantitative estimate of drug-likeness (QED) is 0.281. The van der Waals surface area contributed by atoms with Crippen LogP contribution in [0.2, 0.25) is 0 Å².